The molecule has 2 aliphatic carbocycles. The molecule has 2 saturated carbocycles. The first-order valence-corrected chi connectivity index (χ1v) is 9.75. The van der Waals surface area contributed by atoms with Gasteiger partial charge in [-0.25, -0.2) is 0 Å². The van der Waals surface area contributed by atoms with Crippen molar-refractivity contribution in [1.29, 1.82) is 0 Å². The number of hydrogen-bond donors (Lipinski definition) is 1. The van der Waals surface area contributed by atoms with Crippen LogP contribution in [-0.2, 0) is 6.54 Å². The number of thiol groups is 1. The van der Waals surface area contributed by atoms with E-state index in [4.69, 9.17) is 12.6 Å². The minimum absolute atomic E-state index is 0.484. The van der Waals surface area contributed by atoms with Gasteiger partial charge >= 0.3 is 0 Å². The summed E-state index contributed by atoms with van der Waals surface area (Å²) in [5.74, 6) is 1.07. The second kappa shape index (κ2) is 6.85. The van der Waals surface area contributed by atoms with Gasteiger partial charge in [-0.2, -0.15) is 24.0 Å². The molecule has 0 aromatic carbocycles. The molecule has 1 aromatic heterocycles. The predicted octanol–water partition coefficient (Wildman–Crippen LogP) is 4.98. The minimum Gasteiger partial charge on any atom is -0.296 e. The van der Waals surface area contributed by atoms with E-state index in [2.05, 4.69) is 21.7 Å². The van der Waals surface area contributed by atoms with Gasteiger partial charge in [0.1, 0.15) is 0 Å². The van der Waals surface area contributed by atoms with E-state index in [-0.39, 0.29) is 0 Å². The zero-order chi connectivity index (χ0) is 13.8. The Morgan fingerprint density at radius 2 is 1.95 bits per heavy atom. The summed E-state index contributed by atoms with van der Waals surface area (Å²) in [5.41, 5.74) is 1.99. The van der Waals surface area contributed by atoms with E-state index in [1.165, 1.54) is 63.5 Å². The van der Waals surface area contributed by atoms with E-state index < -0.39 is 0 Å². The highest BCUT2D eigenvalue weighted by molar-refractivity contribution is 7.80. The molecule has 112 valence electrons. The Balaban J connectivity index is 1.67. The SMILES string of the molecule is SCC1(CN(Cc2ccsc2)C2CC2)CCCCCC1. The monoisotopic (exact) mass is 309 g/mol. The van der Waals surface area contributed by atoms with Crippen molar-refractivity contribution >= 4 is 24.0 Å². The second-order valence-corrected chi connectivity index (χ2v) is 7.94. The van der Waals surface area contributed by atoms with Crippen LogP contribution in [0.1, 0.15) is 56.9 Å². The molecular weight excluding hydrogens is 282 g/mol. The molecule has 0 unspecified atom stereocenters. The number of thiophene rings is 1. The summed E-state index contributed by atoms with van der Waals surface area (Å²) in [6.45, 7) is 2.43. The summed E-state index contributed by atoms with van der Waals surface area (Å²) < 4.78 is 0. The van der Waals surface area contributed by atoms with Crippen LogP contribution in [0.5, 0.6) is 0 Å². The molecule has 0 aliphatic heterocycles. The fourth-order valence-corrected chi connectivity index (χ4v) is 4.72. The topological polar surface area (TPSA) is 3.24 Å². The molecule has 3 rings (SSSR count). The summed E-state index contributed by atoms with van der Waals surface area (Å²) in [6.07, 6.45) is 11.3. The molecule has 0 radical (unpaired) electrons. The van der Waals surface area contributed by atoms with Gasteiger partial charge in [-0.15, -0.1) is 0 Å². The quantitative estimate of drug-likeness (QED) is 0.573. The summed E-state index contributed by atoms with van der Waals surface area (Å²) in [5, 5.41) is 4.52. The number of nitrogens with zero attached hydrogens (tertiary/aromatic N) is 1. The van der Waals surface area contributed by atoms with Crippen molar-refractivity contribution < 1.29 is 0 Å². The molecule has 2 aliphatic rings. The van der Waals surface area contributed by atoms with Crippen molar-refractivity contribution in [2.45, 2.75) is 64.0 Å². The van der Waals surface area contributed by atoms with Gasteiger partial charge < -0.3 is 0 Å². The van der Waals surface area contributed by atoms with Crippen LogP contribution in [0.25, 0.3) is 0 Å². The third-order valence-corrected chi connectivity index (χ3v) is 6.47. The van der Waals surface area contributed by atoms with Crippen molar-refractivity contribution in [2.75, 3.05) is 12.3 Å². The lowest BCUT2D eigenvalue weighted by molar-refractivity contribution is 0.137. The third kappa shape index (κ3) is 3.80. The van der Waals surface area contributed by atoms with Crippen molar-refractivity contribution in [1.82, 2.24) is 4.90 Å². The Labute approximate surface area is 133 Å². The van der Waals surface area contributed by atoms with Crippen LogP contribution in [0.4, 0.5) is 0 Å². The van der Waals surface area contributed by atoms with Crippen LogP contribution < -0.4 is 0 Å². The zero-order valence-electron chi connectivity index (χ0n) is 12.4. The van der Waals surface area contributed by atoms with E-state index in [9.17, 15) is 0 Å². The van der Waals surface area contributed by atoms with Gasteiger partial charge in [-0.05, 0) is 59.2 Å². The van der Waals surface area contributed by atoms with Crippen LogP contribution in [-0.4, -0.2) is 23.2 Å². The van der Waals surface area contributed by atoms with Gasteiger partial charge in [-0.1, -0.05) is 25.7 Å². The van der Waals surface area contributed by atoms with Crippen molar-refractivity contribution in [3.63, 3.8) is 0 Å². The summed E-state index contributed by atoms with van der Waals surface area (Å²) >= 11 is 6.58. The van der Waals surface area contributed by atoms with Gasteiger partial charge in [0.15, 0.2) is 0 Å². The Hall–Kier alpha value is 0.01000. The van der Waals surface area contributed by atoms with Crippen LogP contribution >= 0.6 is 24.0 Å². The minimum atomic E-state index is 0.484. The molecule has 0 bridgehead atoms. The van der Waals surface area contributed by atoms with Crippen LogP contribution in [0.2, 0.25) is 0 Å². The average Bonchev–Trinajstić information content (AvgIpc) is 3.23. The van der Waals surface area contributed by atoms with Gasteiger partial charge in [-0.3, -0.25) is 4.90 Å². The predicted molar refractivity (Wildman–Crippen MR) is 91.7 cm³/mol. The first-order chi connectivity index (χ1) is 9.81. The van der Waals surface area contributed by atoms with E-state index in [1.54, 1.807) is 0 Å². The van der Waals surface area contributed by atoms with Crippen LogP contribution in [0.15, 0.2) is 16.8 Å². The molecule has 3 heteroatoms. The standard InChI is InChI=1S/C17H27NS2/c19-14-17(8-3-1-2-4-9-17)13-18(16-5-6-16)11-15-7-10-20-12-15/h7,10,12,16,19H,1-6,8-9,11,13-14H2. The second-order valence-electron chi connectivity index (χ2n) is 6.84. The normalized spacial score (nSPS) is 22.9. The molecule has 1 aromatic rings. The highest BCUT2D eigenvalue weighted by Gasteiger charge is 2.37. The van der Waals surface area contributed by atoms with Gasteiger partial charge in [0, 0.05) is 19.1 Å². The van der Waals surface area contributed by atoms with Crippen LogP contribution in [0, 0.1) is 5.41 Å². The van der Waals surface area contributed by atoms with Gasteiger partial charge in [0.25, 0.3) is 0 Å². The molecule has 1 nitrogen and oxygen atoms in total. The molecule has 0 saturated heterocycles. The van der Waals surface area contributed by atoms with Crippen molar-refractivity contribution in [2.24, 2.45) is 5.41 Å². The first-order valence-electron chi connectivity index (χ1n) is 8.17. The van der Waals surface area contributed by atoms with Gasteiger partial charge in [0.2, 0.25) is 0 Å². The third-order valence-electron chi connectivity index (χ3n) is 5.07. The Morgan fingerprint density at radius 1 is 1.20 bits per heavy atom. The van der Waals surface area contributed by atoms with Gasteiger partial charge in [0.05, 0.1) is 0 Å². The molecule has 0 atom stereocenters. The Morgan fingerprint density at radius 3 is 2.50 bits per heavy atom. The molecule has 0 amide bonds. The molecule has 0 spiro atoms. The smallest absolute Gasteiger partial charge is 0.0245 e. The summed E-state index contributed by atoms with van der Waals surface area (Å²) in [7, 11) is 0. The highest BCUT2D eigenvalue weighted by Crippen LogP contribution is 2.40. The maximum atomic E-state index is 4.75. The first kappa shape index (κ1) is 14.9. The van der Waals surface area contributed by atoms with E-state index >= 15 is 0 Å². The fourth-order valence-electron chi connectivity index (χ4n) is 3.65. The maximum absolute atomic E-state index is 4.75. The van der Waals surface area contributed by atoms with E-state index in [1.807, 2.05) is 11.3 Å². The lowest BCUT2D eigenvalue weighted by Gasteiger charge is -2.37. The van der Waals surface area contributed by atoms with E-state index in [0.29, 0.717) is 5.41 Å². The lowest BCUT2D eigenvalue weighted by Crippen LogP contribution is -2.39. The van der Waals surface area contributed by atoms with Crippen molar-refractivity contribution in [3.05, 3.63) is 22.4 Å². The average molecular weight is 310 g/mol. The van der Waals surface area contributed by atoms with Crippen LogP contribution in [0.3, 0.4) is 0 Å². The fraction of sp³-hybridized carbons (Fsp3) is 0.765. The Kier molecular flexibility index (Phi) is 5.11. The molecular formula is C17H27NS2. The maximum Gasteiger partial charge on any atom is 0.0245 e. The number of hydrogen-bond acceptors (Lipinski definition) is 3. The molecule has 1 heterocycles. The molecule has 2 fully saturated rings. The highest BCUT2D eigenvalue weighted by atomic mass is 32.1. The summed E-state index contributed by atoms with van der Waals surface area (Å²) in [6, 6.07) is 3.15. The summed E-state index contributed by atoms with van der Waals surface area (Å²) in [4.78, 5) is 2.77. The zero-order valence-corrected chi connectivity index (χ0v) is 14.1. The van der Waals surface area contributed by atoms with E-state index in [0.717, 1.165) is 18.3 Å². The molecule has 0 N–H and O–H groups in total. The Bertz CT molecular complexity index is 389. The van der Waals surface area contributed by atoms with Crippen molar-refractivity contribution in [3.8, 4) is 0 Å². The largest absolute Gasteiger partial charge is 0.296 e. The number of rotatable bonds is 6. The lowest BCUT2D eigenvalue weighted by atomic mass is 9.81. The molecule has 20 heavy (non-hydrogen) atoms.